The lowest BCUT2D eigenvalue weighted by atomic mass is 9.78. The van der Waals surface area contributed by atoms with Gasteiger partial charge in [-0.25, -0.2) is 0 Å². The first-order valence-corrected chi connectivity index (χ1v) is 13.9. The van der Waals surface area contributed by atoms with E-state index in [0.29, 0.717) is 11.3 Å². The van der Waals surface area contributed by atoms with Gasteiger partial charge in [0.1, 0.15) is 13.8 Å². The van der Waals surface area contributed by atoms with Crippen LogP contribution in [0.3, 0.4) is 0 Å². The van der Waals surface area contributed by atoms with E-state index in [1.54, 1.807) is 0 Å². The molecule has 0 saturated carbocycles. The van der Waals surface area contributed by atoms with Crippen molar-refractivity contribution in [3.8, 4) is 5.75 Å². The largest absolute Gasteiger partial charge is 0.507 e. The Bertz CT molecular complexity index is 949. The normalized spacial score (nSPS) is 13.8. The topological polar surface area (TPSA) is 20.2 Å². The molecule has 1 atom stereocenters. The van der Waals surface area contributed by atoms with Crippen LogP contribution in [0.1, 0.15) is 70.7 Å². The number of rotatable bonds is 4. The summed E-state index contributed by atoms with van der Waals surface area (Å²) in [4.78, 5) is 0. The monoisotopic (exact) mass is 430 g/mol. The highest BCUT2D eigenvalue weighted by Crippen LogP contribution is 2.42. The van der Waals surface area contributed by atoms with Crippen molar-refractivity contribution in [1.29, 1.82) is 0 Å². The fourth-order valence-electron chi connectivity index (χ4n) is 4.62. The summed E-state index contributed by atoms with van der Waals surface area (Å²) in [6.07, 6.45) is 0. The SMILES string of the molecule is CC(c1cc(C(C)(C)C)c(O)c(C(C)(C)C)c1)[Si](C)(c1ccccc1)c1ccccc1. The third-order valence-electron chi connectivity index (χ3n) is 6.86. The highest BCUT2D eigenvalue weighted by Gasteiger charge is 2.39. The molecular weight excluding hydrogens is 392 g/mol. The first kappa shape index (κ1) is 23.3. The van der Waals surface area contributed by atoms with Gasteiger partial charge < -0.3 is 5.11 Å². The molecule has 1 nitrogen and oxygen atoms in total. The third-order valence-corrected chi connectivity index (χ3v) is 12.0. The van der Waals surface area contributed by atoms with Crippen LogP contribution in [0, 0.1) is 0 Å². The van der Waals surface area contributed by atoms with Crippen molar-refractivity contribution in [3.63, 3.8) is 0 Å². The maximum Gasteiger partial charge on any atom is 0.123 e. The van der Waals surface area contributed by atoms with Crippen LogP contribution in [-0.4, -0.2) is 13.2 Å². The molecule has 3 aromatic carbocycles. The maximum absolute atomic E-state index is 11.2. The Morgan fingerprint density at radius 2 is 1.03 bits per heavy atom. The van der Waals surface area contributed by atoms with Crippen LogP contribution in [0.4, 0.5) is 0 Å². The first-order chi connectivity index (χ1) is 14.4. The van der Waals surface area contributed by atoms with Crippen molar-refractivity contribution >= 4 is 18.4 Å². The lowest BCUT2D eigenvalue weighted by molar-refractivity contribution is 0.422. The van der Waals surface area contributed by atoms with Crippen LogP contribution in [0.25, 0.3) is 0 Å². The Kier molecular flexibility index (Phi) is 6.26. The summed E-state index contributed by atoms with van der Waals surface area (Å²) in [7, 11) is -2.11. The predicted molar refractivity (Wildman–Crippen MR) is 138 cm³/mol. The summed E-state index contributed by atoms with van der Waals surface area (Å²) >= 11 is 0. The average molecular weight is 431 g/mol. The zero-order valence-corrected chi connectivity index (χ0v) is 21.5. The van der Waals surface area contributed by atoms with Gasteiger partial charge in [0.25, 0.3) is 0 Å². The molecule has 0 amide bonds. The van der Waals surface area contributed by atoms with Gasteiger partial charge in [-0.2, -0.15) is 0 Å². The second kappa shape index (κ2) is 8.31. The standard InChI is InChI=1S/C29H38OSi/c1-21(22-19-25(28(2,3)4)27(30)26(20-22)29(5,6)7)31(8,23-15-11-9-12-16-23)24-17-13-10-14-18-24/h9-21,30H,1-8H3. The van der Waals surface area contributed by atoms with E-state index < -0.39 is 8.07 Å². The van der Waals surface area contributed by atoms with E-state index in [0.717, 1.165) is 11.1 Å². The van der Waals surface area contributed by atoms with E-state index in [2.05, 4.69) is 128 Å². The number of aromatic hydroxyl groups is 1. The lowest BCUT2D eigenvalue weighted by Crippen LogP contribution is -2.59. The van der Waals surface area contributed by atoms with E-state index >= 15 is 0 Å². The molecular formula is C29H38OSi. The molecule has 0 radical (unpaired) electrons. The van der Waals surface area contributed by atoms with Crippen LogP contribution in [-0.2, 0) is 10.8 Å². The van der Waals surface area contributed by atoms with Gasteiger partial charge in [0.15, 0.2) is 0 Å². The van der Waals surface area contributed by atoms with Crippen LogP contribution >= 0.6 is 0 Å². The number of hydrogen-bond donors (Lipinski definition) is 1. The van der Waals surface area contributed by atoms with E-state index in [9.17, 15) is 5.11 Å². The Hall–Kier alpha value is -2.32. The minimum absolute atomic E-state index is 0.128. The Morgan fingerprint density at radius 1 is 0.677 bits per heavy atom. The Morgan fingerprint density at radius 3 is 1.35 bits per heavy atom. The Balaban J connectivity index is 2.29. The van der Waals surface area contributed by atoms with Crippen LogP contribution < -0.4 is 10.4 Å². The minimum Gasteiger partial charge on any atom is -0.507 e. The number of phenols is 1. The van der Waals surface area contributed by atoms with Gasteiger partial charge in [-0.3, -0.25) is 0 Å². The van der Waals surface area contributed by atoms with E-state index in [4.69, 9.17) is 0 Å². The lowest BCUT2D eigenvalue weighted by Gasteiger charge is -2.37. The number of phenolic OH excluding ortho intramolecular Hbond substituents is 1. The maximum atomic E-state index is 11.2. The molecule has 3 rings (SSSR count). The van der Waals surface area contributed by atoms with Crippen molar-refractivity contribution in [2.75, 3.05) is 0 Å². The molecule has 0 aliphatic rings. The molecule has 0 aliphatic heterocycles. The second-order valence-electron chi connectivity index (χ2n) is 11.1. The Labute approximate surface area is 190 Å². The summed E-state index contributed by atoms with van der Waals surface area (Å²) < 4.78 is 0. The highest BCUT2D eigenvalue weighted by atomic mass is 28.3. The minimum atomic E-state index is -2.11. The molecule has 3 aromatic rings. The van der Waals surface area contributed by atoms with Crippen molar-refractivity contribution in [2.45, 2.75) is 71.4 Å². The predicted octanol–water partition coefficient (Wildman–Crippen LogP) is 6.52. The molecule has 0 aromatic heterocycles. The fourth-order valence-corrected chi connectivity index (χ4v) is 8.56. The zero-order chi connectivity index (χ0) is 23.0. The van der Waals surface area contributed by atoms with Gasteiger partial charge in [-0.1, -0.05) is 138 Å². The quantitative estimate of drug-likeness (QED) is 0.467. The van der Waals surface area contributed by atoms with Crippen molar-refractivity contribution < 1.29 is 5.11 Å². The molecule has 1 unspecified atom stereocenters. The molecule has 2 heteroatoms. The molecule has 164 valence electrons. The summed E-state index contributed by atoms with van der Waals surface area (Å²) in [6, 6.07) is 26.6. The molecule has 0 saturated heterocycles. The number of benzene rings is 3. The van der Waals surface area contributed by atoms with Crippen molar-refractivity contribution in [2.24, 2.45) is 0 Å². The van der Waals surface area contributed by atoms with E-state index in [1.807, 2.05) is 0 Å². The van der Waals surface area contributed by atoms with E-state index in [-0.39, 0.29) is 10.8 Å². The van der Waals surface area contributed by atoms with Gasteiger partial charge >= 0.3 is 0 Å². The van der Waals surface area contributed by atoms with Gasteiger partial charge in [-0.05, 0) is 33.1 Å². The number of hydrogen-bond acceptors (Lipinski definition) is 1. The second-order valence-corrected chi connectivity index (χ2v) is 15.5. The van der Waals surface area contributed by atoms with Gasteiger partial charge in [-0.15, -0.1) is 0 Å². The van der Waals surface area contributed by atoms with Gasteiger partial charge in [0.05, 0.1) is 0 Å². The molecule has 0 heterocycles. The average Bonchev–Trinajstić information content (AvgIpc) is 2.72. The van der Waals surface area contributed by atoms with E-state index in [1.165, 1.54) is 15.9 Å². The van der Waals surface area contributed by atoms with Crippen LogP contribution in [0.15, 0.2) is 72.8 Å². The van der Waals surface area contributed by atoms with Crippen LogP contribution in [0.2, 0.25) is 6.55 Å². The van der Waals surface area contributed by atoms with Gasteiger partial charge in [0, 0.05) is 0 Å². The zero-order valence-electron chi connectivity index (χ0n) is 20.5. The summed E-state index contributed by atoms with van der Waals surface area (Å²) in [5, 5.41) is 14.1. The highest BCUT2D eigenvalue weighted by molar-refractivity contribution is 7.02. The molecule has 1 N–H and O–H groups in total. The first-order valence-electron chi connectivity index (χ1n) is 11.4. The van der Waals surface area contributed by atoms with Crippen molar-refractivity contribution in [3.05, 3.63) is 89.5 Å². The molecule has 0 aliphatic carbocycles. The summed E-state index contributed by atoms with van der Waals surface area (Å²) in [5.41, 5.74) is 3.50. The smallest absolute Gasteiger partial charge is 0.123 e. The van der Waals surface area contributed by atoms with Crippen molar-refractivity contribution in [1.82, 2.24) is 0 Å². The van der Waals surface area contributed by atoms with Gasteiger partial charge in [0.2, 0.25) is 0 Å². The fraction of sp³-hybridized carbons (Fsp3) is 0.379. The third kappa shape index (κ3) is 4.50. The summed E-state index contributed by atoms with van der Waals surface area (Å²) in [5.74, 6) is 0.457. The molecule has 0 fully saturated rings. The molecule has 0 bridgehead atoms. The summed E-state index contributed by atoms with van der Waals surface area (Å²) in [6.45, 7) is 18.0. The van der Waals surface area contributed by atoms with Crippen LogP contribution in [0.5, 0.6) is 5.75 Å². The molecule has 31 heavy (non-hydrogen) atoms. The molecule has 0 spiro atoms.